The van der Waals surface area contributed by atoms with Crippen molar-refractivity contribution in [2.75, 3.05) is 33.5 Å². The van der Waals surface area contributed by atoms with Crippen molar-refractivity contribution < 1.29 is 26.1 Å². The number of benzene rings is 1. The van der Waals surface area contributed by atoms with E-state index in [-0.39, 0.29) is 15.7 Å². The summed E-state index contributed by atoms with van der Waals surface area (Å²) in [5, 5.41) is 4.89. The van der Waals surface area contributed by atoms with Crippen LogP contribution >= 0.6 is 11.6 Å². The SMILES string of the molecule is CN(C)CCCOc1nn(C2=CCCC=C2)cc1S(=O)(=O)c1ccc(Cl)cc1.CS(=O)(=O)O. The molecule has 33 heavy (non-hydrogen) atoms. The quantitative estimate of drug-likeness (QED) is 0.418. The predicted octanol–water partition coefficient (Wildman–Crippen LogP) is 3.39. The lowest BCUT2D eigenvalue weighted by molar-refractivity contribution is 0.266. The fraction of sp³-hybridized carbons (Fsp3) is 0.381. The molecule has 0 fully saturated rings. The highest BCUT2D eigenvalue weighted by Crippen LogP contribution is 2.31. The Morgan fingerprint density at radius 1 is 1.15 bits per heavy atom. The first-order valence-electron chi connectivity index (χ1n) is 10.1. The first-order valence-corrected chi connectivity index (χ1v) is 13.8. The number of aromatic nitrogens is 2. The second-order valence-electron chi connectivity index (χ2n) is 7.55. The highest BCUT2D eigenvalue weighted by atomic mass is 35.5. The van der Waals surface area contributed by atoms with Crippen LogP contribution in [0.25, 0.3) is 5.70 Å². The molecule has 0 saturated carbocycles. The molecule has 1 N–H and O–H groups in total. The van der Waals surface area contributed by atoms with E-state index < -0.39 is 20.0 Å². The van der Waals surface area contributed by atoms with Crippen LogP contribution in [0.4, 0.5) is 0 Å². The van der Waals surface area contributed by atoms with Crippen LogP contribution in [0.5, 0.6) is 5.88 Å². The average Bonchev–Trinajstić information content (AvgIpc) is 3.16. The monoisotopic (exact) mass is 517 g/mol. The molecular weight excluding hydrogens is 490 g/mol. The minimum absolute atomic E-state index is 0.0551. The minimum atomic E-state index is -3.79. The van der Waals surface area contributed by atoms with Crippen LogP contribution < -0.4 is 4.74 Å². The Hall–Kier alpha value is -2.18. The van der Waals surface area contributed by atoms with Crippen molar-refractivity contribution in [1.29, 1.82) is 0 Å². The van der Waals surface area contributed by atoms with Gasteiger partial charge in [0.05, 0.1) is 29.7 Å². The van der Waals surface area contributed by atoms with Gasteiger partial charge in [0.1, 0.15) is 0 Å². The molecule has 0 bridgehead atoms. The summed E-state index contributed by atoms with van der Waals surface area (Å²) in [4.78, 5) is 2.26. The third kappa shape index (κ3) is 8.94. The topological polar surface area (TPSA) is 119 Å². The lowest BCUT2D eigenvalue weighted by Crippen LogP contribution is -2.16. The number of allylic oxidation sites excluding steroid dienone is 4. The first-order chi connectivity index (χ1) is 15.4. The van der Waals surface area contributed by atoms with E-state index in [1.54, 1.807) is 16.8 Å². The molecule has 12 heteroatoms. The summed E-state index contributed by atoms with van der Waals surface area (Å²) < 4.78 is 59.6. The molecular formula is C21H28ClN3O6S2. The number of sulfone groups is 1. The summed E-state index contributed by atoms with van der Waals surface area (Å²) in [5.41, 5.74) is 0.835. The molecule has 1 aromatic heterocycles. The molecule has 0 saturated heterocycles. The molecule has 1 heterocycles. The van der Waals surface area contributed by atoms with Gasteiger partial charge in [-0.1, -0.05) is 23.8 Å². The van der Waals surface area contributed by atoms with E-state index in [4.69, 9.17) is 20.9 Å². The van der Waals surface area contributed by atoms with Crippen molar-refractivity contribution in [2.24, 2.45) is 0 Å². The van der Waals surface area contributed by atoms with Gasteiger partial charge in [0, 0.05) is 11.6 Å². The number of hydrogen-bond donors (Lipinski definition) is 1. The van der Waals surface area contributed by atoms with E-state index in [9.17, 15) is 16.8 Å². The van der Waals surface area contributed by atoms with E-state index in [0.717, 1.165) is 31.5 Å². The van der Waals surface area contributed by atoms with Crippen molar-refractivity contribution in [3.63, 3.8) is 0 Å². The number of nitrogens with zero attached hydrogens (tertiary/aromatic N) is 3. The normalized spacial score (nSPS) is 13.9. The zero-order chi connectivity index (χ0) is 24.6. The van der Waals surface area contributed by atoms with Gasteiger partial charge in [-0.25, -0.2) is 13.1 Å². The van der Waals surface area contributed by atoms with Crippen molar-refractivity contribution in [1.82, 2.24) is 14.7 Å². The zero-order valence-electron chi connectivity index (χ0n) is 18.7. The maximum absolute atomic E-state index is 13.2. The number of rotatable bonds is 8. The molecule has 0 aliphatic heterocycles. The summed E-state index contributed by atoms with van der Waals surface area (Å²) in [7, 11) is -3.49. The highest BCUT2D eigenvalue weighted by molar-refractivity contribution is 7.91. The minimum Gasteiger partial charge on any atom is -0.476 e. The Morgan fingerprint density at radius 2 is 1.79 bits per heavy atom. The number of hydrogen-bond acceptors (Lipinski definition) is 7. The van der Waals surface area contributed by atoms with Crippen LogP contribution in [-0.2, 0) is 20.0 Å². The summed E-state index contributed by atoms with van der Waals surface area (Å²) in [6, 6.07) is 6.10. The van der Waals surface area contributed by atoms with E-state index in [1.807, 2.05) is 37.2 Å². The Kier molecular flexibility index (Phi) is 9.68. The Labute approximate surface area is 200 Å². The van der Waals surface area contributed by atoms with Gasteiger partial charge < -0.3 is 9.64 Å². The molecule has 0 spiro atoms. The van der Waals surface area contributed by atoms with Crippen molar-refractivity contribution in [3.8, 4) is 5.88 Å². The van der Waals surface area contributed by atoms with Crippen LogP contribution in [0, 0.1) is 0 Å². The standard InChI is InChI=1S/C20H24ClN3O3S.CH4O3S/c1-23(2)13-6-14-27-20-19(15-24(22-20)17-7-4-3-5-8-17)28(25,26)18-11-9-16(21)10-12-18;1-5(2,3)4/h4,7-12,15H,3,5-6,13-14H2,1-2H3;1H3,(H,2,3,4). The summed E-state index contributed by atoms with van der Waals surface area (Å²) in [5.74, 6) is 0.119. The smallest absolute Gasteiger partial charge is 0.261 e. The van der Waals surface area contributed by atoms with Crippen molar-refractivity contribution >= 4 is 37.3 Å². The third-order valence-corrected chi connectivity index (χ3v) is 6.29. The van der Waals surface area contributed by atoms with Crippen molar-refractivity contribution in [2.45, 2.75) is 29.1 Å². The molecule has 0 atom stereocenters. The second kappa shape index (κ2) is 11.8. The lowest BCUT2D eigenvalue weighted by atomic mass is 10.1. The Morgan fingerprint density at radius 3 is 2.33 bits per heavy atom. The van der Waals surface area contributed by atoms with Gasteiger partial charge in [-0.2, -0.15) is 8.42 Å². The zero-order valence-corrected chi connectivity index (χ0v) is 21.1. The summed E-state index contributed by atoms with van der Waals surface area (Å²) in [6.45, 7) is 1.22. The van der Waals surface area contributed by atoms with E-state index in [2.05, 4.69) is 5.10 Å². The number of halogens is 1. The average molecular weight is 518 g/mol. The van der Waals surface area contributed by atoms with Crippen molar-refractivity contribution in [3.05, 3.63) is 53.7 Å². The molecule has 0 amide bonds. The van der Waals surface area contributed by atoms with Gasteiger partial charge in [0.2, 0.25) is 9.84 Å². The van der Waals surface area contributed by atoms with E-state index >= 15 is 0 Å². The van der Waals surface area contributed by atoms with Gasteiger partial charge in [-0.05, 0) is 63.7 Å². The van der Waals surface area contributed by atoms with Crippen LogP contribution in [0.3, 0.4) is 0 Å². The molecule has 3 rings (SSSR count). The predicted molar refractivity (Wildman–Crippen MR) is 128 cm³/mol. The third-order valence-electron chi connectivity index (χ3n) is 4.29. The molecule has 2 aromatic rings. The van der Waals surface area contributed by atoms with E-state index in [0.29, 0.717) is 17.9 Å². The highest BCUT2D eigenvalue weighted by Gasteiger charge is 2.27. The molecule has 0 radical (unpaired) electrons. The van der Waals surface area contributed by atoms with Gasteiger partial charge in [-0.15, -0.1) is 5.10 Å². The van der Waals surface area contributed by atoms with E-state index in [1.165, 1.54) is 18.3 Å². The van der Waals surface area contributed by atoms with Crippen LogP contribution in [0.2, 0.25) is 5.02 Å². The molecule has 1 aromatic carbocycles. The molecule has 182 valence electrons. The summed E-state index contributed by atoms with van der Waals surface area (Å²) >= 11 is 5.90. The van der Waals surface area contributed by atoms with Crippen LogP contribution in [0.15, 0.2) is 58.5 Å². The van der Waals surface area contributed by atoms with Gasteiger partial charge >= 0.3 is 0 Å². The molecule has 1 aliphatic rings. The Balaban J connectivity index is 0.000000696. The largest absolute Gasteiger partial charge is 0.476 e. The fourth-order valence-corrected chi connectivity index (χ4v) is 4.26. The summed E-state index contributed by atoms with van der Waals surface area (Å²) in [6.07, 6.45) is 10.9. The maximum Gasteiger partial charge on any atom is 0.261 e. The van der Waals surface area contributed by atoms with Gasteiger partial charge in [0.25, 0.3) is 16.0 Å². The second-order valence-corrected chi connectivity index (χ2v) is 11.4. The Bertz CT molecular complexity index is 1190. The van der Waals surface area contributed by atoms with Crippen LogP contribution in [-0.4, -0.2) is 69.6 Å². The van der Waals surface area contributed by atoms with Crippen LogP contribution in [0.1, 0.15) is 19.3 Å². The lowest BCUT2D eigenvalue weighted by Gasteiger charge is -2.10. The molecule has 1 aliphatic carbocycles. The van der Waals surface area contributed by atoms with Gasteiger partial charge in [0.15, 0.2) is 4.90 Å². The number of ether oxygens (including phenoxy) is 1. The van der Waals surface area contributed by atoms with Gasteiger partial charge in [-0.3, -0.25) is 4.55 Å². The first kappa shape index (κ1) is 27.1. The fourth-order valence-electron chi connectivity index (χ4n) is 2.82. The molecule has 0 unspecified atom stereocenters. The molecule has 9 nitrogen and oxygen atoms in total. The maximum atomic E-state index is 13.2.